The van der Waals surface area contributed by atoms with E-state index in [9.17, 15) is 18.0 Å². The second kappa shape index (κ2) is 10.7. The van der Waals surface area contributed by atoms with Gasteiger partial charge in [0.2, 0.25) is 10.0 Å². The molecule has 0 saturated carbocycles. The van der Waals surface area contributed by atoms with E-state index < -0.39 is 28.5 Å². The zero-order valence-electron chi connectivity index (χ0n) is 18.3. The molecule has 3 rings (SSSR count). The third-order valence-corrected chi connectivity index (χ3v) is 7.21. The van der Waals surface area contributed by atoms with Crippen LogP contribution in [0.1, 0.15) is 35.3 Å². The van der Waals surface area contributed by atoms with Crippen LogP contribution in [-0.4, -0.2) is 57.5 Å². The molecule has 0 bridgehead atoms. The molecule has 1 saturated heterocycles. The molecule has 172 valence electrons. The molecule has 1 N–H and O–H groups in total. The predicted octanol–water partition coefficient (Wildman–Crippen LogP) is 2.63. The van der Waals surface area contributed by atoms with Crippen LogP contribution >= 0.6 is 0 Å². The van der Waals surface area contributed by atoms with Gasteiger partial charge in [0, 0.05) is 18.8 Å². The average molecular weight is 461 g/mol. The Balaban J connectivity index is 1.60. The number of sulfonamides is 1. The maximum atomic E-state index is 12.7. The fraction of sp³-hybridized carbons (Fsp3) is 0.391. The van der Waals surface area contributed by atoms with Crippen LogP contribution in [0.2, 0.25) is 0 Å². The van der Waals surface area contributed by atoms with Gasteiger partial charge < -0.3 is 14.8 Å². The fourth-order valence-corrected chi connectivity index (χ4v) is 4.90. The van der Waals surface area contributed by atoms with Crippen molar-refractivity contribution in [1.82, 2.24) is 4.31 Å². The summed E-state index contributed by atoms with van der Waals surface area (Å²) in [5.41, 5.74) is 2.96. The number of carbonyl (C=O) groups is 2. The van der Waals surface area contributed by atoms with E-state index >= 15 is 0 Å². The monoisotopic (exact) mass is 460 g/mol. The minimum atomic E-state index is -3.64. The van der Waals surface area contributed by atoms with E-state index in [2.05, 4.69) is 5.32 Å². The van der Waals surface area contributed by atoms with Gasteiger partial charge in [0.05, 0.1) is 23.7 Å². The highest BCUT2D eigenvalue weighted by atomic mass is 32.2. The lowest BCUT2D eigenvalue weighted by Crippen LogP contribution is -2.40. The van der Waals surface area contributed by atoms with E-state index in [-0.39, 0.29) is 10.5 Å². The molecule has 1 aliphatic rings. The number of benzene rings is 2. The number of rotatable bonds is 8. The van der Waals surface area contributed by atoms with Gasteiger partial charge in [-0.2, -0.15) is 4.31 Å². The van der Waals surface area contributed by atoms with Crippen LogP contribution in [0.25, 0.3) is 0 Å². The Morgan fingerprint density at radius 1 is 1.00 bits per heavy atom. The first-order valence-electron chi connectivity index (χ1n) is 10.6. The Kier molecular flexibility index (Phi) is 8.00. The van der Waals surface area contributed by atoms with Crippen LogP contribution in [0.5, 0.6) is 0 Å². The molecule has 0 aromatic heterocycles. The zero-order chi connectivity index (χ0) is 23.1. The number of nitrogens with zero attached hydrogens (tertiary/aromatic N) is 1. The largest absolute Gasteiger partial charge is 0.452 e. The summed E-state index contributed by atoms with van der Waals surface area (Å²) in [7, 11) is -3.64. The summed E-state index contributed by atoms with van der Waals surface area (Å²) in [4.78, 5) is 24.8. The summed E-state index contributed by atoms with van der Waals surface area (Å²) in [6, 6.07) is 11.4. The van der Waals surface area contributed by atoms with E-state index in [1.54, 1.807) is 0 Å². The number of hydrogen-bond donors (Lipinski definition) is 1. The molecule has 1 fully saturated rings. The van der Waals surface area contributed by atoms with Crippen molar-refractivity contribution >= 4 is 27.6 Å². The summed E-state index contributed by atoms with van der Waals surface area (Å²) in [5.74, 6) is -1.13. The first-order valence-corrected chi connectivity index (χ1v) is 12.1. The highest BCUT2D eigenvalue weighted by Crippen LogP contribution is 2.22. The number of amides is 1. The molecule has 8 nitrogen and oxygen atoms in total. The Labute approximate surface area is 188 Å². The van der Waals surface area contributed by atoms with Gasteiger partial charge in [-0.15, -0.1) is 0 Å². The Morgan fingerprint density at radius 3 is 2.16 bits per heavy atom. The van der Waals surface area contributed by atoms with E-state index in [4.69, 9.17) is 9.47 Å². The molecule has 32 heavy (non-hydrogen) atoms. The molecule has 0 spiro atoms. The molecule has 9 heteroatoms. The van der Waals surface area contributed by atoms with Gasteiger partial charge in [-0.05, 0) is 48.2 Å². The number of carbonyl (C=O) groups excluding carboxylic acids is 2. The summed E-state index contributed by atoms with van der Waals surface area (Å²) >= 11 is 0. The molecule has 2 aromatic carbocycles. The molecule has 1 heterocycles. The third-order valence-electron chi connectivity index (χ3n) is 5.30. The Hall–Kier alpha value is -2.75. The van der Waals surface area contributed by atoms with Crippen LogP contribution in [0.3, 0.4) is 0 Å². The number of nitrogens with one attached hydrogen (secondary N) is 1. The van der Waals surface area contributed by atoms with Crippen molar-refractivity contribution in [3.05, 3.63) is 59.2 Å². The molecular formula is C23H28N2O6S. The quantitative estimate of drug-likeness (QED) is 0.608. The number of morpholine rings is 1. The van der Waals surface area contributed by atoms with Crippen LogP contribution < -0.4 is 5.32 Å². The summed E-state index contributed by atoms with van der Waals surface area (Å²) in [6.07, 6.45) is 1.53. The smallest absolute Gasteiger partial charge is 0.338 e. The van der Waals surface area contributed by atoms with Gasteiger partial charge in [-0.1, -0.05) is 32.0 Å². The van der Waals surface area contributed by atoms with Crippen LogP contribution in [-0.2, 0) is 37.1 Å². The fourth-order valence-electron chi connectivity index (χ4n) is 3.49. The van der Waals surface area contributed by atoms with Gasteiger partial charge in [0.25, 0.3) is 5.91 Å². The van der Waals surface area contributed by atoms with E-state index in [0.29, 0.717) is 26.3 Å². The first-order chi connectivity index (χ1) is 15.4. The van der Waals surface area contributed by atoms with Crippen molar-refractivity contribution in [3.63, 3.8) is 0 Å². The normalized spacial score (nSPS) is 14.7. The number of aryl methyl sites for hydroxylation is 2. The van der Waals surface area contributed by atoms with Gasteiger partial charge in [-0.3, -0.25) is 4.79 Å². The van der Waals surface area contributed by atoms with Crippen molar-refractivity contribution in [2.24, 2.45) is 0 Å². The second-order valence-electron chi connectivity index (χ2n) is 7.32. The van der Waals surface area contributed by atoms with Gasteiger partial charge in [-0.25, -0.2) is 13.2 Å². The summed E-state index contributed by atoms with van der Waals surface area (Å²) in [6.45, 7) is 4.88. The standard InChI is InChI=1S/C23H28N2O6S/c1-3-17-6-5-7-18(4-2)22(17)24-21(26)16-31-23(27)19-8-10-20(11-9-19)32(28,29)25-12-14-30-15-13-25/h5-11H,3-4,12-16H2,1-2H3,(H,24,26). The molecular weight excluding hydrogens is 432 g/mol. The maximum Gasteiger partial charge on any atom is 0.338 e. The third kappa shape index (κ3) is 5.53. The topological polar surface area (TPSA) is 102 Å². The van der Waals surface area contributed by atoms with Crippen LogP contribution in [0.4, 0.5) is 5.69 Å². The second-order valence-corrected chi connectivity index (χ2v) is 9.26. The van der Waals surface area contributed by atoms with Gasteiger partial charge in [0.15, 0.2) is 6.61 Å². The van der Waals surface area contributed by atoms with Crippen molar-refractivity contribution in [2.45, 2.75) is 31.6 Å². The predicted molar refractivity (Wildman–Crippen MR) is 120 cm³/mol. The van der Waals surface area contributed by atoms with E-state index in [1.807, 2.05) is 32.0 Å². The highest BCUT2D eigenvalue weighted by molar-refractivity contribution is 7.89. The average Bonchev–Trinajstić information content (AvgIpc) is 2.83. The molecule has 0 radical (unpaired) electrons. The number of para-hydroxylation sites is 1. The lowest BCUT2D eigenvalue weighted by atomic mass is 10.0. The Bertz CT molecular complexity index is 1040. The lowest BCUT2D eigenvalue weighted by molar-refractivity contribution is -0.119. The van der Waals surface area contributed by atoms with Crippen LogP contribution in [0, 0.1) is 0 Å². The summed E-state index contributed by atoms with van der Waals surface area (Å²) < 4.78 is 37.0. The van der Waals surface area contributed by atoms with Crippen molar-refractivity contribution in [3.8, 4) is 0 Å². The lowest BCUT2D eigenvalue weighted by Gasteiger charge is -2.26. The van der Waals surface area contributed by atoms with Gasteiger partial charge in [0.1, 0.15) is 0 Å². The van der Waals surface area contributed by atoms with Gasteiger partial charge >= 0.3 is 5.97 Å². The molecule has 1 aliphatic heterocycles. The molecule has 2 aromatic rings. The van der Waals surface area contributed by atoms with Crippen molar-refractivity contribution < 1.29 is 27.5 Å². The maximum absolute atomic E-state index is 12.7. The SMILES string of the molecule is CCc1cccc(CC)c1NC(=O)COC(=O)c1ccc(S(=O)(=O)N2CCOCC2)cc1. The molecule has 0 unspecified atom stereocenters. The van der Waals surface area contributed by atoms with E-state index in [0.717, 1.165) is 29.7 Å². The molecule has 0 aliphatic carbocycles. The zero-order valence-corrected chi connectivity index (χ0v) is 19.1. The number of ether oxygens (including phenoxy) is 2. The Morgan fingerprint density at radius 2 is 1.59 bits per heavy atom. The van der Waals surface area contributed by atoms with Crippen molar-refractivity contribution in [1.29, 1.82) is 0 Å². The van der Waals surface area contributed by atoms with Crippen molar-refractivity contribution in [2.75, 3.05) is 38.2 Å². The summed E-state index contributed by atoms with van der Waals surface area (Å²) in [5, 5.41) is 2.84. The highest BCUT2D eigenvalue weighted by Gasteiger charge is 2.26. The molecule has 0 atom stereocenters. The first kappa shape index (κ1) is 23.9. The van der Waals surface area contributed by atoms with Crippen LogP contribution in [0.15, 0.2) is 47.4 Å². The number of anilines is 1. The minimum absolute atomic E-state index is 0.0944. The number of hydrogen-bond acceptors (Lipinski definition) is 6. The number of esters is 1. The minimum Gasteiger partial charge on any atom is -0.452 e. The molecule has 1 amide bonds. The van der Waals surface area contributed by atoms with E-state index in [1.165, 1.54) is 28.6 Å².